The molecular formula is C29H18ClF6N3. The average Bonchev–Trinajstić information content (AvgIpc) is 2.91. The summed E-state index contributed by atoms with van der Waals surface area (Å²) in [7, 11) is 0. The first-order chi connectivity index (χ1) is 18.5. The molecule has 5 rings (SSSR count). The van der Waals surface area contributed by atoms with Crippen molar-refractivity contribution in [1.29, 1.82) is 0 Å². The van der Waals surface area contributed by atoms with E-state index in [-0.39, 0.29) is 16.4 Å². The van der Waals surface area contributed by atoms with Crippen molar-refractivity contribution in [3.05, 3.63) is 113 Å². The maximum atomic E-state index is 13.5. The molecule has 0 atom stereocenters. The van der Waals surface area contributed by atoms with Gasteiger partial charge in [-0.1, -0.05) is 66.2 Å². The van der Waals surface area contributed by atoms with E-state index in [4.69, 9.17) is 11.6 Å². The summed E-state index contributed by atoms with van der Waals surface area (Å²) in [5.74, 6) is -0.0287. The average molecular weight is 558 g/mol. The van der Waals surface area contributed by atoms with Gasteiger partial charge in [-0.3, -0.25) is 0 Å². The Hall–Kier alpha value is -4.11. The molecule has 0 radical (unpaired) electrons. The Morgan fingerprint density at radius 2 is 1.41 bits per heavy atom. The number of aromatic nitrogens is 2. The maximum Gasteiger partial charge on any atom is 0.417 e. The van der Waals surface area contributed by atoms with Crippen LogP contribution in [0.1, 0.15) is 16.7 Å². The zero-order chi connectivity index (χ0) is 27.8. The van der Waals surface area contributed by atoms with E-state index in [2.05, 4.69) is 15.3 Å². The Balaban J connectivity index is 1.36. The summed E-state index contributed by atoms with van der Waals surface area (Å²) in [6, 6.07) is 21.2. The largest absolute Gasteiger partial charge is 0.417 e. The normalized spacial score (nSPS) is 12.1. The van der Waals surface area contributed by atoms with Crippen molar-refractivity contribution in [2.24, 2.45) is 0 Å². The van der Waals surface area contributed by atoms with Crippen molar-refractivity contribution in [2.75, 3.05) is 5.32 Å². The van der Waals surface area contributed by atoms with Crippen LogP contribution in [0.3, 0.4) is 0 Å². The summed E-state index contributed by atoms with van der Waals surface area (Å²) in [6.07, 6.45) is -7.61. The first-order valence-electron chi connectivity index (χ1n) is 11.6. The molecule has 0 spiro atoms. The third kappa shape index (κ3) is 5.68. The lowest BCUT2D eigenvalue weighted by molar-refractivity contribution is -0.138. The van der Waals surface area contributed by atoms with E-state index in [1.54, 1.807) is 42.5 Å². The van der Waals surface area contributed by atoms with Gasteiger partial charge in [0.25, 0.3) is 0 Å². The number of benzene rings is 4. The lowest BCUT2D eigenvalue weighted by Crippen LogP contribution is -2.08. The monoisotopic (exact) mass is 557 g/mol. The molecule has 198 valence electrons. The van der Waals surface area contributed by atoms with Gasteiger partial charge in [0.2, 0.25) is 0 Å². The van der Waals surface area contributed by atoms with Gasteiger partial charge >= 0.3 is 12.4 Å². The number of hydrogen-bond acceptors (Lipinski definition) is 3. The summed E-state index contributed by atoms with van der Waals surface area (Å²) in [6.45, 7) is 0.381. The number of halogens is 7. The third-order valence-corrected chi connectivity index (χ3v) is 6.47. The highest BCUT2D eigenvalue weighted by Crippen LogP contribution is 2.38. The fraction of sp³-hybridized carbons (Fsp3) is 0.103. The van der Waals surface area contributed by atoms with Crippen molar-refractivity contribution < 1.29 is 26.3 Å². The Labute approximate surface area is 224 Å². The molecule has 3 nitrogen and oxygen atoms in total. The van der Waals surface area contributed by atoms with Crippen LogP contribution < -0.4 is 5.32 Å². The molecule has 0 aliphatic carbocycles. The molecule has 1 aromatic heterocycles. The summed E-state index contributed by atoms with van der Waals surface area (Å²) in [5, 5.41) is 3.54. The highest BCUT2D eigenvalue weighted by atomic mass is 35.5. The lowest BCUT2D eigenvalue weighted by atomic mass is 10.0. The summed E-state index contributed by atoms with van der Waals surface area (Å²) in [5.41, 5.74) is 1.20. The summed E-state index contributed by atoms with van der Waals surface area (Å²) >= 11 is 5.72. The molecule has 1 N–H and O–H groups in total. The minimum absolute atomic E-state index is 0.0287. The molecule has 0 aliphatic rings. The number of nitrogens with one attached hydrogen (secondary N) is 1. The van der Waals surface area contributed by atoms with E-state index in [0.29, 0.717) is 34.3 Å². The molecule has 10 heteroatoms. The fourth-order valence-electron chi connectivity index (χ4n) is 4.20. The topological polar surface area (TPSA) is 37.8 Å². The predicted molar refractivity (Wildman–Crippen MR) is 139 cm³/mol. The fourth-order valence-corrected chi connectivity index (χ4v) is 4.42. The van der Waals surface area contributed by atoms with Crippen molar-refractivity contribution in [2.45, 2.75) is 18.9 Å². The van der Waals surface area contributed by atoms with E-state index in [9.17, 15) is 26.3 Å². The van der Waals surface area contributed by atoms with Crippen LogP contribution in [0.5, 0.6) is 0 Å². The van der Waals surface area contributed by atoms with Gasteiger partial charge in [-0.25, -0.2) is 9.97 Å². The van der Waals surface area contributed by atoms with Crippen LogP contribution in [0.2, 0.25) is 5.02 Å². The molecule has 4 aromatic carbocycles. The van der Waals surface area contributed by atoms with E-state index in [1.165, 1.54) is 36.5 Å². The standard InChI is InChI=1S/C29H18ClF6N3/c30-24-13-12-19(14-23(24)29(34,35)36)18-10-8-17(9-11-18)15-37-25-6-3-7-26-21(25)16-38-27(39-26)20-4-1-2-5-22(20)28(31,32)33/h1-14,16,37H,15H2. The second-order valence-electron chi connectivity index (χ2n) is 8.72. The Bertz CT molecular complexity index is 1650. The van der Waals surface area contributed by atoms with Crippen LogP contribution in [0, 0.1) is 0 Å². The highest BCUT2D eigenvalue weighted by Gasteiger charge is 2.34. The second-order valence-corrected chi connectivity index (χ2v) is 9.13. The van der Waals surface area contributed by atoms with E-state index in [1.807, 2.05) is 0 Å². The van der Waals surface area contributed by atoms with Gasteiger partial charge in [-0.15, -0.1) is 0 Å². The van der Waals surface area contributed by atoms with Crippen LogP contribution in [0.4, 0.5) is 32.0 Å². The van der Waals surface area contributed by atoms with Gasteiger partial charge in [0.1, 0.15) is 0 Å². The van der Waals surface area contributed by atoms with Gasteiger partial charge in [0.15, 0.2) is 5.82 Å². The summed E-state index contributed by atoms with van der Waals surface area (Å²) in [4.78, 5) is 8.57. The van der Waals surface area contributed by atoms with Crippen LogP contribution in [0.25, 0.3) is 33.4 Å². The molecule has 1 heterocycles. The van der Waals surface area contributed by atoms with Crippen LogP contribution in [-0.4, -0.2) is 9.97 Å². The van der Waals surface area contributed by atoms with E-state index < -0.39 is 23.5 Å². The first kappa shape index (κ1) is 26.5. The van der Waals surface area contributed by atoms with Crippen LogP contribution in [0.15, 0.2) is 91.1 Å². The van der Waals surface area contributed by atoms with Gasteiger partial charge in [0, 0.05) is 29.4 Å². The zero-order valence-corrected chi connectivity index (χ0v) is 20.7. The molecular weight excluding hydrogens is 540 g/mol. The second kappa shape index (κ2) is 10.2. The van der Waals surface area contributed by atoms with Crippen molar-refractivity contribution in [3.63, 3.8) is 0 Å². The van der Waals surface area contributed by atoms with E-state index >= 15 is 0 Å². The Morgan fingerprint density at radius 3 is 2.13 bits per heavy atom. The molecule has 0 bridgehead atoms. The molecule has 39 heavy (non-hydrogen) atoms. The van der Waals surface area contributed by atoms with Gasteiger partial charge in [-0.2, -0.15) is 26.3 Å². The number of anilines is 1. The Kier molecular flexibility index (Phi) is 6.94. The smallest absolute Gasteiger partial charge is 0.380 e. The van der Waals surface area contributed by atoms with Gasteiger partial charge in [0.05, 0.1) is 21.7 Å². The SMILES string of the molecule is FC(F)(F)c1cc(-c2ccc(CNc3cccc4nc(-c5ccccc5C(F)(F)F)ncc34)cc2)ccc1Cl. The van der Waals surface area contributed by atoms with E-state index in [0.717, 1.165) is 17.7 Å². The number of alkyl halides is 6. The van der Waals surface area contributed by atoms with Gasteiger partial charge in [-0.05, 0) is 47.0 Å². The minimum atomic E-state index is -4.55. The number of hydrogen-bond donors (Lipinski definition) is 1. The number of fused-ring (bicyclic) bond motifs is 1. The third-order valence-electron chi connectivity index (χ3n) is 6.14. The van der Waals surface area contributed by atoms with Crippen LogP contribution >= 0.6 is 11.6 Å². The first-order valence-corrected chi connectivity index (χ1v) is 12.0. The van der Waals surface area contributed by atoms with Gasteiger partial charge < -0.3 is 5.32 Å². The molecule has 0 unspecified atom stereocenters. The quantitative estimate of drug-likeness (QED) is 0.219. The minimum Gasteiger partial charge on any atom is -0.380 e. The molecule has 5 aromatic rings. The molecule has 0 fully saturated rings. The molecule has 0 saturated heterocycles. The maximum absolute atomic E-state index is 13.5. The number of rotatable bonds is 5. The van der Waals surface area contributed by atoms with Crippen molar-refractivity contribution in [1.82, 2.24) is 9.97 Å². The van der Waals surface area contributed by atoms with Crippen molar-refractivity contribution in [3.8, 4) is 22.5 Å². The number of nitrogens with zero attached hydrogens (tertiary/aromatic N) is 2. The molecule has 0 aliphatic heterocycles. The predicted octanol–water partition coefficient (Wildman–Crippen LogP) is 9.27. The van der Waals surface area contributed by atoms with Crippen molar-refractivity contribution >= 4 is 28.2 Å². The summed E-state index contributed by atoms with van der Waals surface area (Å²) < 4.78 is 80.0. The van der Waals surface area contributed by atoms with Crippen LogP contribution in [-0.2, 0) is 18.9 Å². The highest BCUT2D eigenvalue weighted by molar-refractivity contribution is 6.31. The lowest BCUT2D eigenvalue weighted by Gasteiger charge is -2.13. The Morgan fingerprint density at radius 1 is 0.718 bits per heavy atom. The zero-order valence-electron chi connectivity index (χ0n) is 19.9. The molecule has 0 saturated carbocycles. The molecule has 0 amide bonds.